The Bertz CT molecular complexity index is 1160. The number of hydrogen-bond donors (Lipinski definition) is 8. The van der Waals surface area contributed by atoms with Crippen LogP contribution in [0.3, 0.4) is 0 Å². The topological polar surface area (TPSA) is 217 Å². The van der Waals surface area contributed by atoms with Crippen LogP contribution >= 0.6 is 11.8 Å². The molecule has 4 atom stereocenters. The Balaban J connectivity index is 2.23. The van der Waals surface area contributed by atoms with Crippen molar-refractivity contribution in [2.75, 3.05) is 18.6 Å². The number of nitrogens with two attached hydrogens (primary N) is 2. The van der Waals surface area contributed by atoms with Crippen molar-refractivity contribution in [2.45, 2.75) is 62.7 Å². The molecule has 0 radical (unpaired) electrons. The lowest BCUT2D eigenvalue weighted by atomic mass is 10.0. The van der Waals surface area contributed by atoms with Gasteiger partial charge in [0.05, 0.1) is 6.04 Å². The number of benzene rings is 2. The summed E-state index contributed by atoms with van der Waals surface area (Å²) < 4.78 is 0. The molecule has 0 heterocycles. The summed E-state index contributed by atoms with van der Waals surface area (Å²) in [7, 11) is 0. The largest absolute Gasteiger partial charge is 0.508 e. The minimum absolute atomic E-state index is 0.0245. The Labute approximate surface area is 249 Å². The van der Waals surface area contributed by atoms with Gasteiger partial charge in [0.2, 0.25) is 17.7 Å². The molecule has 0 spiro atoms. The summed E-state index contributed by atoms with van der Waals surface area (Å²) in [6, 6.07) is 7.75. The zero-order valence-corrected chi connectivity index (χ0v) is 24.4. The number of unbranched alkanes of at least 4 members (excludes halogenated alkanes) is 1. The number of aliphatic carboxylic acids is 1. The fraction of sp³-hybridized carbons (Fsp3) is 0.448. The van der Waals surface area contributed by atoms with Crippen LogP contribution in [0.4, 0.5) is 0 Å². The third-order valence-electron chi connectivity index (χ3n) is 6.55. The SMILES string of the molecule is CSCCC(N)C(=O)NC(Cc1ccc(O)cc1)C(=O)NC(CCCCN)C(=O)NC(Cc1ccc(O)cc1)C(=O)O. The minimum Gasteiger partial charge on any atom is -0.508 e. The summed E-state index contributed by atoms with van der Waals surface area (Å²) in [6.45, 7) is 0.369. The van der Waals surface area contributed by atoms with Gasteiger partial charge < -0.3 is 42.7 Å². The first-order chi connectivity index (χ1) is 20.0. The number of carbonyl (C=O) groups is 4. The molecular weight excluding hydrogens is 562 g/mol. The Hall–Kier alpha value is -3.81. The highest BCUT2D eigenvalue weighted by atomic mass is 32.2. The van der Waals surface area contributed by atoms with Gasteiger partial charge in [0.15, 0.2) is 0 Å². The van der Waals surface area contributed by atoms with Gasteiger partial charge in [0.25, 0.3) is 0 Å². The van der Waals surface area contributed by atoms with Crippen molar-refractivity contribution in [3.63, 3.8) is 0 Å². The van der Waals surface area contributed by atoms with Crippen LogP contribution < -0.4 is 27.4 Å². The van der Waals surface area contributed by atoms with E-state index in [2.05, 4.69) is 16.0 Å². The van der Waals surface area contributed by atoms with Crippen LogP contribution in [0.5, 0.6) is 11.5 Å². The number of carboxylic acid groups (broad SMARTS) is 1. The first-order valence-electron chi connectivity index (χ1n) is 13.7. The van der Waals surface area contributed by atoms with Crippen LogP contribution in [0.25, 0.3) is 0 Å². The monoisotopic (exact) mass is 603 g/mol. The maximum Gasteiger partial charge on any atom is 0.326 e. The van der Waals surface area contributed by atoms with Crippen LogP contribution in [-0.4, -0.2) is 81.7 Å². The molecule has 0 fully saturated rings. The Morgan fingerprint density at radius 3 is 1.71 bits per heavy atom. The van der Waals surface area contributed by atoms with Crippen molar-refractivity contribution in [1.82, 2.24) is 16.0 Å². The van der Waals surface area contributed by atoms with E-state index in [0.29, 0.717) is 42.7 Å². The Kier molecular flexibility index (Phi) is 14.6. The standard InChI is InChI=1S/C29H41N5O7S/c1-42-15-13-22(31)26(37)33-24(16-18-5-9-20(35)10-6-18)28(39)32-23(4-2-3-14-30)27(38)34-25(29(40)41)17-19-7-11-21(36)12-8-19/h5-12,22-25,35-36H,2-4,13-17,30-31H2,1H3,(H,32,39)(H,33,37)(H,34,38)(H,40,41). The fourth-order valence-corrected chi connectivity index (χ4v) is 4.60. The van der Waals surface area contributed by atoms with Gasteiger partial charge in [-0.05, 0) is 79.6 Å². The average molecular weight is 604 g/mol. The molecule has 0 aromatic heterocycles. The predicted molar refractivity (Wildman–Crippen MR) is 161 cm³/mol. The van der Waals surface area contributed by atoms with Crippen LogP contribution in [-0.2, 0) is 32.0 Å². The lowest BCUT2D eigenvalue weighted by molar-refractivity contribution is -0.142. The predicted octanol–water partition coefficient (Wildman–Crippen LogP) is 0.631. The minimum atomic E-state index is -1.29. The van der Waals surface area contributed by atoms with E-state index in [0.717, 1.165) is 0 Å². The molecule has 42 heavy (non-hydrogen) atoms. The molecule has 230 valence electrons. The van der Waals surface area contributed by atoms with Crippen LogP contribution in [0.15, 0.2) is 48.5 Å². The van der Waals surface area contributed by atoms with Gasteiger partial charge in [0.1, 0.15) is 29.6 Å². The second-order valence-corrected chi connectivity index (χ2v) is 10.9. The molecule has 0 aliphatic heterocycles. The molecule has 3 amide bonds. The summed E-state index contributed by atoms with van der Waals surface area (Å²) in [5, 5.41) is 36.7. The van der Waals surface area contributed by atoms with Crippen molar-refractivity contribution >= 4 is 35.5 Å². The number of rotatable bonds is 18. The maximum atomic E-state index is 13.5. The van der Waals surface area contributed by atoms with E-state index in [-0.39, 0.29) is 30.8 Å². The molecule has 2 aromatic rings. The molecule has 0 aliphatic rings. The molecule has 13 heteroatoms. The lowest BCUT2D eigenvalue weighted by Gasteiger charge is -2.25. The van der Waals surface area contributed by atoms with Gasteiger partial charge in [0, 0.05) is 12.8 Å². The van der Waals surface area contributed by atoms with Gasteiger partial charge in [-0.15, -0.1) is 0 Å². The second kappa shape index (κ2) is 17.9. The Morgan fingerprint density at radius 1 is 0.738 bits per heavy atom. The molecule has 0 saturated heterocycles. The third-order valence-corrected chi connectivity index (χ3v) is 7.19. The molecule has 2 aromatic carbocycles. The van der Waals surface area contributed by atoms with Crippen LogP contribution in [0.2, 0.25) is 0 Å². The summed E-state index contributed by atoms with van der Waals surface area (Å²) in [5.41, 5.74) is 12.9. The number of aromatic hydroxyl groups is 2. The molecule has 10 N–H and O–H groups in total. The zero-order valence-electron chi connectivity index (χ0n) is 23.6. The highest BCUT2D eigenvalue weighted by molar-refractivity contribution is 7.98. The van der Waals surface area contributed by atoms with Crippen molar-refractivity contribution in [1.29, 1.82) is 0 Å². The van der Waals surface area contributed by atoms with Gasteiger partial charge in [-0.1, -0.05) is 24.3 Å². The first kappa shape index (κ1) is 34.4. The molecule has 4 unspecified atom stereocenters. The maximum absolute atomic E-state index is 13.5. The van der Waals surface area contributed by atoms with E-state index < -0.39 is 47.9 Å². The van der Waals surface area contributed by atoms with Crippen molar-refractivity contribution < 1.29 is 34.5 Å². The normalized spacial score (nSPS) is 13.8. The molecule has 2 rings (SSSR count). The number of nitrogens with one attached hydrogen (secondary N) is 3. The van der Waals surface area contributed by atoms with Crippen LogP contribution in [0, 0.1) is 0 Å². The molecule has 12 nitrogen and oxygen atoms in total. The van der Waals surface area contributed by atoms with E-state index >= 15 is 0 Å². The van der Waals surface area contributed by atoms with Gasteiger partial charge in [-0.25, -0.2) is 4.79 Å². The molecule has 0 aliphatic carbocycles. The molecule has 0 bridgehead atoms. The van der Waals surface area contributed by atoms with Gasteiger partial charge in [-0.3, -0.25) is 14.4 Å². The van der Waals surface area contributed by atoms with Gasteiger partial charge >= 0.3 is 5.97 Å². The summed E-state index contributed by atoms with van der Waals surface area (Å²) in [6.07, 6.45) is 3.56. The highest BCUT2D eigenvalue weighted by Gasteiger charge is 2.30. The third kappa shape index (κ3) is 12.0. The Morgan fingerprint density at radius 2 is 1.21 bits per heavy atom. The summed E-state index contributed by atoms with van der Waals surface area (Å²) in [5.74, 6) is -2.41. The van der Waals surface area contributed by atoms with E-state index in [1.165, 1.54) is 36.0 Å². The number of carbonyl (C=O) groups excluding carboxylic acids is 3. The number of carboxylic acids is 1. The fourth-order valence-electron chi connectivity index (χ4n) is 4.11. The van der Waals surface area contributed by atoms with E-state index in [9.17, 15) is 34.5 Å². The zero-order chi connectivity index (χ0) is 31.1. The number of phenolic OH excluding ortho intramolecular Hbond substituents is 2. The summed E-state index contributed by atoms with van der Waals surface area (Å²) >= 11 is 1.54. The number of hydrogen-bond acceptors (Lipinski definition) is 9. The highest BCUT2D eigenvalue weighted by Crippen LogP contribution is 2.14. The quantitative estimate of drug-likeness (QED) is 0.111. The summed E-state index contributed by atoms with van der Waals surface area (Å²) in [4.78, 5) is 51.6. The van der Waals surface area contributed by atoms with E-state index in [1.54, 1.807) is 24.3 Å². The number of amides is 3. The number of phenols is 2. The lowest BCUT2D eigenvalue weighted by Crippen LogP contribution is -2.57. The van der Waals surface area contributed by atoms with E-state index in [1.807, 2.05) is 6.26 Å². The van der Waals surface area contributed by atoms with E-state index in [4.69, 9.17) is 11.5 Å². The van der Waals surface area contributed by atoms with Crippen molar-refractivity contribution in [2.24, 2.45) is 11.5 Å². The molecule has 0 saturated carbocycles. The smallest absolute Gasteiger partial charge is 0.326 e. The average Bonchev–Trinajstić information content (AvgIpc) is 2.96. The van der Waals surface area contributed by atoms with Crippen molar-refractivity contribution in [3.8, 4) is 11.5 Å². The van der Waals surface area contributed by atoms with Gasteiger partial charge in [-0.2, -0.15) is 11.8 Å². The first-order valence-corrected chi connectivity index (χ1v) is 15.1. The molecular formula is C29H41N5O7S. The van der Waals surface area contributed by atoms with Crippen LogP contribution in [0.1, 0.15) is 36.8 Å². The van der Waals surface area contributed by atoms with Crippen molar-refractivity contribution in [3.05, 3.63) is 59.7 Å². The number of thioether (sulfide) groups is 1. The second-order valence-electron chi connectivity index (χ2n) is 9.94.